The van der Waals surface area contributed by atoms with Gasteiger partial charge < -0.3 is 14.8 Å². The molecule has 0 radical (unpaired) electrons. The minimum Gasteiger partial charge on any atom is -0.496 e. The summed E-state index contributed by atoms with van der Waals surface area (Å²) in [5.41, 5.74) is 3.70. The molecule has 4 aromatic carbocycles. The summed E-state index contributed by atoms with van der Waals surface area (Å²) in [5, 5.41) is 4.09. The Bertz CT molecular complexity index is 1360. The molecule has 0 aliphatic carbocycles. The standard InChI is InChI=1S/C28H22ClFN2O3/c1-34-26-15-6-18(16-19(26)17-35-23-13-9-21(30)10-14-23)27-31-25-5-3-2-4-24(25)28(33)32(27)22-11-7-20(29)8-12-22/h2-16,27,31H,17H2,1H3. The number of para-hydroxylation sites is 1. The maximum atomic E-state index is 13.6. The largest absolute Gasteiger partial charge is 0.496 e. The van der Waals surface area contributed by atoms with Gasteiger partial charge in [-0.25, -0.2) is 4.39 Å². The zero-order chi connectivity index (χ0) is 24.4. The molecular weight excluding hydrogens is 467 g/mol. The Morgan fingerprint density at radius 2 is 1.71 bits per heavy atom. The molecule has 0 spiro atoms. The molecule has 0 aromatic heterocycles. The number of nitrogens with one attached hydrogen (secondary N) is 1. The fourth-order valence-electron chi connectivity index (χ4n) is 4.13. The molecule has 1 unspecified atom stereocenters. The normalized spacial score (nSPS) is 14.8. The molecule has 0 saturated carbocycles. The third kappa shape index (κ3) is 4.66. The highest BCUT2D eigenvalue weighted by atomic mass is 35.5. The van der Waals surface area contributed by atoms with E-state index in [0.29, 0.717) is 27.8 Å². The van der Waals surface area contributed by atoms with Crippen molar-refractivity contribution in [3.63, 3.8) is 0 Å². The number of benzene rings is 4. The van der Waals surface area contributed by atoms with Gasteiger partial charge in [0.25, 0.3) is 5.91 Å². The molecule has 1 N–H and O–H groups in total. The minimum absolute atomic E-state index is 0.119. The second-order valence-electron chi connectivity index (χ2n) is 8.06. The van der Waals surface area contributed by atoms with Gasteiger partial charge in [-0.15, -0.1) is 0 Å². The van der Waals surface area contributed by atoms with Crippen molar-refractivity contribution in [2.24, 2.45) is 0 Å². The number of hydrogen-bond acceptors (Lipinski definition) is 4. The molecule has 1 aliphatic rings. The molecule has 4 aromatic rings. The number of carbonyl (C=O) groups excluding carboxylic acids is 1. The van der Waals surface area contributed by atoms with Crippen LogP contribution in [-0.4, -0.2) is 13.0 Å². The first-order chi connectivity index (χ1) is 17.0. The molecular formula is C28H22ClFN2O3. The van der Waals surface area contributed by atoms with E-state index in [1.54, 1.807) is 42.3 Å². The lowest BCUT2D eigenvalue weighted by atomic mass is 10.0. The quantitative estimate of drug-likeness (QED) is 0.323. The maximum absolute atomic E-state index is 13.6. The van der Waals surface area contributed by atoms with E-state index in [-0.39, 0.29) is 18.3 Å². The summed E-state index contributed by atoms with van der Waals surface area (Å²) < 4.78 is 24.7. The van der Waals surface area contributed by atoms with Crippen molar-refractivity contribution in [3.8, 4) is 11.5 Å². The number of anilines is 2. The van der Waals surface area contributed by atoms with Crippen molar-refractivity contribution < 1.29 is 18.7 Å². The van der Waals surface area contributed by atoms with Crippen molar-refractivity contribution in [2.45, 2.75) is 12.8 Å². The summed E-state index contributed by atoms with van der Waals surface area (Å²) in [6.07, 6.45) is -0.478. The van der Waals surface area contributed by atoms with E-state index in [4.69, 9.17) is 21.1 Å². The number of fused-ring (bicyclic) bond motifs is 1. The predicted octanol–water partition coefficient (Wildman–Crippen LogP) is 6.84. The summed E-state index contributed by atoms with van der Waals surface area (Å²) in [6.45, 7) is 0.209. The third-order valence-corrected chi connectivity index (χ3v) is 6.11. The molecule has 1 aliphatic heterocycles. The lowest BCUT2D eigenvalue weighted by molar-refractivity contribution is 0.0975. The number of carbonyl (C=O) groups is 1. The van der Waals surface area contributed by atoms with Crippen LogP contribution in [0, 0.1) is 5.82 Å². The summed E-state index contributed by atoms with van der Waals surface area (Å²) in [6, 6.07) is 26.2. The molecule has 5 rings (SSSR count). The van der Waals surface area contributed by atoms with Crippen LogP contribution in [-0.2, 0) is 6.61 Å². The molecule has 176 valence electrons. The van der Waals surface area contributed by atoms with E-state index in [1.807, 2.05) is 48.5 Å². The number of ether oxygens (including phenoxy) is 2. The van der Waals surface area contributed by atoms with Crippen molar-refractivity contribution in [1.29, 1.82) is 0 Å². The highest BCUT2D eigenvalue weighted by Crippen LogP contribution is 2.38. The van der Waals surface area contributed by atoms with Crippen LogP contribution in [0.3, 0.4) is 0 Å². The van der Waals surface area contributed by atoms with Crippen LogP contribution in [0.15, 0.2) is 91.0 Å². The summed E-state index contributed by atoms with van der Waals surface area (Å²) in [7, 11) is 1.59. The van der Waals surface area contributed by atoms with E-state index in [2.05, 4.69) is 5.32 Å². The van der Waals surface area contributed by atoms with E-state index < -0.39 is 6.17 Å². The zero-order valence-corrected chi connectivity index (χ0v) is 19.6. The zero-order valence-electron chi connectivity index (χ0n) is 18.9. The SMILES string of the molecule is COc1ccc(C2Nc3ccccc3C(=O)N2c2ccc(Cl)cc2)cc1COc1ccc(F)cc1. The number of methoxy groups -OCH3 is 1. The molecule has 5 nitrogen and oxygen atoms in total. The first kappa shape index (κ1) is 22.7. The van der Waals surface area contributed by atoms with E-state index in [9.17, 15) is 9.18 Å². The molecule has 1 amide bonds. The average molecular weight is 489 g/mol. The number of amides is 1. The van der Waals surface area contributed by atoms with Crippen LogP contribution in [0.4, 0.5) is 15.8 Å². The highest BCUT2D eigenvalue weighted by molar-refractivity contribution is 6.30. The summed E-state index contributed by atoms with van der Waals surface area (Å²) in [4.78, 5) is 15.3. The lowest BCUT2D eigenvalue weighted by Crippen LogP contribution is -2.43. The maximum Gasteiger partial charge on any atom is 0.262 e. The van der Waals surface area contributed by atoms with E-state index in [1.165, 1.54) is 12.1 Å². The third-order valence-electron chi connectivity index (χ3n) is 5.86. The van der Waals surface area contributed by atoms with Crippen LogP contribution in [0.25, 0.3) is 0 Å². The van der Waals surface area contributed by atoms with Crippen molar-refractivity contribution in [3.05, 3.63) is 119 Å². The van der Waals surface area contributed by atoms with E-state index >= 15 is 0 Å². The molecule has 1 heterocycles. The molecule has 0 fully saturated rings. The average Bonchev–Trinajstić information content (AvgIpc) is 2.89. The van der Waals surface area contributed by atoms with Crippen molar-refractivity contribution in [2.75, 3.05) is 17.3 Å². The van der Waals surface area contributed by atoms with Gasteiger partial charge >= 0.3 is 0 Å². The Labute approximate surface area is 207 Å². The Morgan fingerprint density at radius 3 is 2.46 bits per heavy atom. The van der Waals surface area contributed by atoms with Crippen molar-refractivity contribution in [1.82, 2.24) is 0 Å². The number of nitrogens with zero attached hydrogens (tertiary/aromatic N) is 1. The van der Waals surface area contributed by atoms with Gasteiger partial charge in [0.05, 0.1) is 12.7 Å². The molecule has 1 atom stereocenters. The van der Waals surface area contributed by atoms with Crippen LogP contribution >= 0.6 is 11.6 Å². The predicted molar refractivity (Wildman–Crippen MR) is 135 cm³/mol. The Hall–Kier alpha value is -4.03. The summed E-state index contributed by atoms with van der Waals surface area (Å²) >= 11 is 6.10. The summed E-state index contributed by atoms with van der Waals surface area (Å²) in [5.74, 6) is 0.747. The lowest BCUT2D eigenvalue weighted by Gasteiger charge is -2.38. The van der Waals surface area contributed by atoms with Gasteiger partial charge in [0, 0.05) is 22.0 Å². The van der Waals surface area contributed by atoms with Crippen LogP contribution in [0.1, 0.15) is 27.7 Å². The fraction of sp³-hybridized carbons (Fsp3) is 0.107. The van der Waals surface area contributed by atoms with Gasteiger partial charge in [0.1, 0.15) is 30.1 Å². The minimum atomic E-state index is -0.478. The first-order valence-corrected chi connectivity index (χ1v) is 11.4. The second-order valence-corrected chi connectivity index (χ2v) is 8.49. The fourth-order valence-corrected chi connectivity index (χ4v) is 4.25. The Kier molecular flexibility index (Phi) is 6.29. The topological polar surface area (TPSA) is 50.8 Å². The highest BCUT2D eigenvalue weighted by Gasteiger charge is 2.34. The molecule has 0 bridgehead atoms. The first-order valence-electron chi connectivity index (χ1n) is 11.0. The molecule has 35 heavy (non-hydrogen) atoms. The number of rotatable bonds is 6. The second kappa shape index (κ2) is 9.68. The van der Waals surface area contributed by atoms with Crippen LogP contribution < -0.4 is 19.7 Å². The van der Waals surface area contributed by atoms with Gasteiger partial charge in [0.2, 0.25) is 0 Å². The van der Waals surface area contributed by atoms with Crippen LogP contribution in [0.2, 0.25) is 5.02 Å². The number of halogens is 2. The van der Waals surface area contributed by atoms with Gasteiger partial charge in [-0.3, -0.25) is 9.69 Å². The monoisotopic (exact) mass is 488 g/mol. The molecule has 7 heteroatoms. The smallest absolute Gasteiger partial charge is 0.262 e. The van der Waals surface area contributed by atoms with Crippen LogP contribution in [0.5, 0.6) is 11.5 Å². The van der Waals surface area contributed by atoms with Gasteiger partial charge in [-0.05, 0) is 78.4 Å². The van der Waals surface area contributed by atoms with Gasteiger partial charge in [-0.2, -0.15) is 0 Å². The number of hydrogen-bond donors (Lipinski definition) is 1. The molecule has 0 saturated heterocycles. The van der Waals surface area contributed by atoms with E-state index in [0.717, 1.165) is 16.8 Å². The van der Waals surface area contributed by atoms with Crippen molar-refractivity contribution >= 4 is 28.9 Å². The Morgan fingerprint density at radius 1 is 0.971 bits per heavy atom. The van der Waals surface area contributed by atoms with Gasteiger partial charge in [-0.1, -0.05) is 29.8 Å². The Balaban J connectivity index is 1.52. The van der Waals surface area contributed by atoms with Gasteiger partial charge in [0.15, 0.2) is 0 Å².